The van der Waals surface area contributed by atoms with Crippen molar-refractivity contribution in [3.05, 3.63) is 95.6 Å². The number of methoxy groups -OCH3 is 1. The molecule has 172 valence electrons. The lowest BCUT2D eigenvalue weighted by Gasteiger charge is -2.31. The molecule has 3 aromatic rings. The Hall–Kier alpha value is -3.80. The number of nitrogens with zero attached hydrogens (tertiary/aromatic N) is 1. The molecule has 0 radical (unpaired) electrons. The number of carbonyl (C=O) groups is 2. The van der Waals surface area contributed by atoms with Gasteiger partial charge in [0.2, 0.25) is 5.91 Å². The van der Waals surface area contributed by atoms with Crippen molar-refractivity contribution in [1.82, 2.24) is 10.2 Å². The molecule has 0 unspecified atom stereocenters. The van der Waals surface area contributed by atoms with Gasteiger partial charge in [-0.15, -0.1) is 0 Å². The quantitative estimate of drug-likeness (QED) is 0.515. The van der Waals surface area contributed by atoms with Gasteiger partial charge in [0.25, 0.3) is 5.91 Å². The van der Waals surface area contributed by atoms with Crippen LogP contribution in [0.1, 0.15) is 16.7 Å². The van der Waals surface area contributed by atoms with E-state index in [4.69, 9.17) is 9.47 Å². The number of benzene rings is 3. The zero-order chi connectivity index (χ0) is 23.6. The van der Waals surface area contributed by atoms with Crippen LogP contribution in [0.3, 0.4) is 0 Å². The molecule has 6 nitrogen and oxygen atoms in total. The SMILES string of the molecule is CNC(=O)[C@@H](Cc1ccccc1)N(Cc1ccc(C)cc1)C(=O)COc1ccccc1OC. The Bertz CT molecular complexity index is 1050. The predicted octanol–water partition coefficient (Wildman–Crippen LogP) is 3.77. The highest BCUT2D eigenvalue weighted by Gasteiger charge is 2.30. The minimum atomic E-state index is -0.688. The summed E-state index contributed by atoms with van der Waals surface area (Å²) >= 11 is 0. The third-order valence-electron chi connectivity index (χ3n) is 5.41. The van der Waals surface area contributed by atoms with E-state index >= 15 is 0 Å². The van der Waals surface area contributed by atoms with E-state index in [1.807, 2.05) is 73.7 Å². The van der Waals surface area contributed by atoms with Gasteiger partial charge in [-0.1, -0.05) is 72.3 Å². The van der Waals surface area contributed by atoms with Crippen LogP contribution < -0.4 is 14.8 Å². The standard InChI is InChI=1S/C27H30N2O4/c1-20-13-15-22(16-14-20)18-29(23(27(31)28-2)17-21-9-5-4-6-10-21)26(30)19-33-25-12-8-7-11-24(25)32-3/h4-16,23H,17-19H2,1-3H3,(H,28,31)/t23-/m1/s1. The maximum atomic E-state index is 13.4. The van der Waals surface area contributed by atoms with Crippen molar-refractivity contribution in [3.8, 4) is 11.5 Å². The van der Waals surface area contributed by atoms with Crippen molar-refractivity contribution in [2.45, 2.75) is 25.9 Å². The molecule has 0 aliphatic heterocycles. The summed E-state index contributed by atoms with van der Waals surface area (Å²) < 4.78 is 11.1. The van der Waals surface area contributed by atoms with E-state index < -0.39 is 6.04 Å². The third-order valence-corrected chi connectivity index (χ3v) is 5.41. The fourth-order valence-electron chi connectivity index (χ4n) is 3.57. The van der Waals surface area contributed by atoms with E-state index in [1.165, 1.54) is 0 Å². The number of ether oxygens (including phenoxy) is 2. The van der Waals surface area contributed by atoms with E-state index in [0.717, 1.165) is 16.7 Å². The molecule has 0 fully saturated rings. The van der Waals surface area contributed by atoms with Gasteiger partial charge in [-0.05, 0) is 30.2 Å². The second-order valence-electron chi connectivity index (χ2n) is 7.77. The summed E-state index contributed by atoms with van der Waals surface area (Å²) in [5, 5.41) is 2.71. The summed E-state index contributed by atoms with van der Waals surface area (Å²) in [5.41, 5.74) is 3.04. The first-order chi connectivity index (χ1) is 16.0. The average Bonchev–Trinajstić information content (AvgIpc) is 2.86. The van der Waals surface area contributed by atoms with Crippen LogP contribution in [0.2, 0.25) is 0 Å². The molecule has 6 heteroatoms. The Kier molecular flexibility index (Phi) is 8.47. The van der Waals surface area contributed by atoms with Crippen molar-refractivity contribution >= 4 is 11.8 Å². The van der Waals surface area contributed by atoms with Crippen LogP contribution in [0.25, 0.3) is 0 Å². The second-order valence-corrected chi connectivity index (χ2v) is 7.77. The molecule has 1 atom stereocenters. The Morgan fingerprint density at radius 2 is 1.52 bits per heavy atom. The van der Waals surface area contributed by atoms with Crippen LogP contribution in [0.5, 0.6) is 11.5 Å². The molecule has 3 aromatic carbocycles. The maximum absolute atomic E-state index is 13.4. The van der Waals surface area contributed by atoms with Crippen molar-refractivity contribution < 1.29 is 19.1 Å². The smallest absolute Gasteiger partial charge is 0.261 e. The highest BCUT2D eigenvalue weighted by Crippen LogP contribution is 2.26. The van der Waals surface area contributed by atoms with Crippen LogP contribution in [0.15, 0.2) is 78.9 Å². The molecular weight excluding hydrogens is 416 g/mol. The van der Waals surface area contributed by atoms with Crippen LogP contribution in [-0.4, -0.2) is 43.5 Å². The molecule has 0 bridgehead atoms. The lowest BCUT2D eigenvalue weighted by atomic mass is 10.0. The lowest BCUT2D eigenvalue weighted by Crippen LogP contribution is -2.51. The fraction of sp³-hybridized carbons (Fsp3) is 0.259. The van der Waals surface area contributed by atoms with Crippen molar-refractivity contribution in [2.75, 3.05) is 20.8 Å². The average molecular weight is 447 g/mol. The number of hydrogen-bond donors (Lipinski definition) is 1. The van der Waals surface area contributed by atoms with Crippen LogP contribution in [0, 0.1) is 6.92 Å². The second kappa shape index (κ2) is 11.7. The first kappa shape index (κ1) is 23.9. The number of para-hydroxylation sites is 2. The van der Waals surface area contributed by atoms with Gasteiger partial charge in [0.1, 0.15) is 6.04 Å². The zero-order valence-electron chi connectivity index (χ0n) is 19.3. The highest BCUT2D eigenvalue weighted by molar-refractivity contribution is 5.88. The summed E-state index contributed by atoms with van der Waals surface area (Å²) in [6, 6.07) is 24.1. The van der Waals surface area contributed by atoms with Crippen LogP contribution in [-0.2, 0) is 22.6 Å². The topological polar surface area (TPSA) is 67.9 Å². The predicted molar refractivity (Wildman–Crippen MR) is 128 cm³/mol. The van der Waals surface area contributed by atoms with Crippen molar-refractivity contribution in [1.29, 1.82) is 0 Å². The lowest BCUT2D eigenvalue weighted by molar-refractivity contribution is -0.142. The minimum Gasteiger partial charge on any atom is -0.493 e. The molecule has 33 heavy (non-hydrogen) atoms. The Labute approximate surface area is 195 Å². The molecule has 0 saturated heterocycles. The van der Waals surface area contributed by atoms with Crippen molar-refractivity contribution in [3.63, 3.8) is 0 Å². The highest BCUT2D eigenvalue weighted by atomic mass is 16.5. The largest absolute Gasteiger partial charge is 0.493 e. The molecule has 2 amide bonds. The van der Waals surface area contributed by atoms with Gasteiger partial charge in [-0.25, -0.2) is 0 Å². The van der Waals surface area contributed by atoms with Gasteiger partial charge in [0, 0.05) is 20.0 Å². The van der Waals surface area contributed by atoms with Gasteiger partial charge in [0.15, 0.2) is 18.1 Å². The van der Waals surface area contributed by atoms with Gasteiger partial charge < -0.3 is 19.7 Å². The molecule has 0 aliphatic rings. The molecule has 0 aliphatic carbocycles. The maximum Gasteiger partial charge on any atom is 0.261 e. The molecule has 0 aromatic heterocycles. The first-order valence-electron chi connectivity index (χ1n) is 10.9. The van der Waals surface area contributed by atoms with Gasteiger partial charge in [-0.3, -0.25) is 9.59 Å². The normalized spacial score (nSPS) is 11.4. The summed E-state index contributed by atoms with van der Waals surface area (Å²) in [5.74, 6) is 0.508. The molecule has 0 heterocycles. The summed E-state index contributed by atoms with van der Waals surface area (Å²) in [4.78, 5) is 27.9. The number of amides is 2. The van der Waals surface area contributed by atoms with Gasteiger partial charge in [-0.2, -0.15) is 0 Å². The number of carbonyl (C=O) groups excluding carboxylic acids is 2. The molecule has 1 N–H and O–H groups in total. The zero-order valence-corrected chi connectivity index (χ0v) is 19.3. The molecular formula is C27H30N2O4. The monoisotopic (exact) mass is 446 g/mol. The van der Waals surface area contributed by atoms with Gasteiger partial charge >= 0.3 is 0 Å². The van der Waals surface area contributed by atoms with Crippen LogP contribution >= 0.6 is 0 Å². The molecule has 3 rings (SSSR count). The fourth-order valence-corrected chi connectivity index (χ4v) is 3.57. The number of hydrogen-bond acceptors (Lipinski definition) is 4. The van der Waals surface area contributed by atoms with E-state index in [1.54, 1.807) is 31.2 Å². The number of rotatable bonds is 10. The summed E-state index contributed by atoms with van der Waals surface area (Å²) in [6.07, 6.45) is 0.396. The number of nitrogens with one attached hydrogen (secondary N) is 1. The van der Waals surface area contributed by atoms with E-state index in [0.29, 0.717) is 24.5 Å². The Balaban J connectivity index is 1.87. The van der Waals surface area contributed by atoms with Crippen molar-refractivity contribution in [2.24, 2.45) is 0 Å². The Morgan fingerprint density at radius 3 is 2.15 bits per heavy atom. The molecule has 0 saturated carbocycles. The van der Waals surface area contributed by atoms with Crippen LogP contribution in [0.4, 0.5) is 0 Å². The minimum absolute atomic E-state index is 0.214. The van der Waals surface area contributed by atoms with Gasteiger partial charge in [0.05, 0.1) is 7.11 Å². The third kappa shape index (κ3) is 6.59. The van der Waals surface area contributed by atoms with E-state index in [2.05, 4.69) is 5.32 Å². The van der Waals surface area contributed by atoms with E-state index in [-0.39, 0.29) is 18.4 Å². The number of likely N-dealkylation sites (N-methyl/N-ethyl adjacent to an activating group) is 1. The Morgan fingerprint density at radius 1 is 0.879 bits per heavy atom. The summed E-state index contributed by atoms with van der Waals surface area (Å²) in [7, 11) is 3.13. The number of aryl methyl sites for hydroxylation is 1. The first-order valence-corrected chi connectivity index (χ1v) is 10.9. The van der Waals surface area contributed by atoms with E-state index in [9.17, 15) is 9.59 Å². The summed E-state index contributed by atoms with van der Waals surface area (Å²) in [6.45, 7) is 2.09. The molecule has 0 spiro atoms.